The zero-order valence-corrected chi connectivity index (χ0v) is 10.3. The van der Waals surface area contributed by atoms with Crippen molar-refractivity contribution in [3.8, 4) is 0 Å². The Labute approximate surface area is 106 Å². The van der Waals surface area contributed by atoms with Gasteiger partial charge < -0.3 is 10.6 Å². The Morgan fingerprint density at radius 2 is 2.39 bits per heavy atom. The number of nitrogens with zero attached hydrogens (tertiary/aromatic N) is 1. The van der Waals surface area contributed by atoms with Gasteiger partial charge in [0.1, 0.15) is 5.78 Å². The monoisotopic (exact) mass is 247 g/mol. The molecule has 0 radical (unpaired) electrons. The first-order valence-corrected chi connectivity index (χ1v) is 6.07. The van der Waals surface area contributed by atoms with Crippen LogP contribution in [0, 0.1) is 5.92 Å². The van der Waals surface area contributed by atoms with Crippen molar-refractivity contribution in [1.29, 1.82) is 0 Å². The van der Waals surface area contributed by atoms with E-state index in [9.17, 15) is 9.59 Å². The molecule has 1 amide bonds. The number of nitrogens with one attached hydrogen (secondary N) is 2. The standard InChI is InChI=1S/C13H17N3O2/c1-9(17)11-5-12(15-8-11)13(18)16-7-10-3-2-4-14-6-10/h2-4,6,11-12,15H,5,7-8H2,1H3,(H,16,18). The molecule has 5 nitrogen and oxygen atoms in total. The molecule has 0 bridgehead atoms. The van der Waals surface area contributed by atoms with Gasteiger partial charge >= 0.3 is 0 Å². The second-order valence-electron chi connectivity index (χ2n) is 4.58. The van der Waals surface area contributed by atoms with Crippen LogP contribution < -0.4 is 10.6 Å². The van der Waals surface area contributed by atoms with Crippen molar-refractivity contribution in [3.05, 3.63) is 30.1 Å². The lowest BCUT2D eigenvalue weighted by atomic mass is 10.0. The van der Waals surface area contributed by atoms with Crippen molar-refractivity contribution in [2.75, 3.05) is 6.54 Å². The number of Topliss-reactive ketones (excluding diaryl/α,β-unsaturated/α-hetero) is 1. The zero-order valence-electron chi connectivity index (χ0n) is 10.3. The zero-order chi connectivity index (χ0) is 13.0. The minimum atomic E-state index is -0.254. The molecule has 2 heterocycles. The van der Waals surface area contributed by atoms with Gasteiger partial charge in [0.15, 0.2) is 0 Å². The Morgan fingerprint density at radius 1 is 1.56 bits per heavy atom. The summed E-state index contributed by atoms with van der Waals surface area (Å²) in [7, 11) is 0. The average Bonchev–Trinajstić information content (AvgIpc) is 2.87. The van der Waals surface area contributed by atoms with Crippen LogP contribution in [0.1, 0.15) is 18.9 Å². The Kier molecular flexibility index (Phi) is 4.04. The molecule has 0 saturated carbocycles. The summed E-state index contributed by atoms with van der Waals surface area (Å²) in [5.74, 6) is 0.0619. The van der Waals surface area contributed by atoms with Crippen molar-refractivity contribution < 1.29 is 9.59 Å². The predicted octanol–water partition coefficient (Wildman–Crippen LogP) is 0.265. The summed E-state index contributed by atoms with van der Waals surface area (Å²) in [5.41, 5.74) is 0.965. The predicted molar refractivity (Wildman–Crippen MR) is 66.7 cm³/mol. The molecule has 0 aromatic carbocycles. The maximum atomic E-state index is 11.9. The molecule has 1 aromatic heterocycles. The third-order valence-electron chi connectivity index (χ3n) is 3.21. The van der Waals surface area contributed by atoms with Gasteiger partial charge in [-0.05, 0) is 25.0 Å². The molecule has 96 valence electrons. The molecule has 1 aromatic rings. The number of amides is 1. The normalized spacial score (nSPS) is 22.7. The molecule has 2 rings (SSSR count). The van der Waals surface area contributed by atoms with Crippen molar-refractivity contribution >= 4 is 11.7 Å². The maximum absolute atomic E-state index is 11.9. The molecule has 1 aliphatic heterocycles. The number of carbonyl (C=O) groups is 2. The summed E-state index contributed by atoms with van der Waals surface area (Å²) < 4.78 is 0. The molecule has 2 atom stereocenters. The largest absolute Gasteiger partial charge is 0.351 e. The number of carbonyl (C=O) groups excluding carboxylic acids is 2. The molecular weight excluding hydrogens is 230 g/mol. The molecule has 2 N–H and O–H groups in total. The highest BCUT2D eigenvalue weighted by Crippen LogP contribution is 2.14. The Hall–Kier alpha value is -1.75. The van der Waals surface area contributed by atoms with E-state index in [1.807, 2.05) is 12.1 Å². The molecule has 2 unspecified atom stereocenters. The first kappa shape index (κ1) is 12.7. The van der Waals surface area contributed by atoms with Crippen molar-refractivity contribution in [2.45, 2.75) is 25.9 Å². The summed E-state index contributed by atoms with van der Waals surface area (Å²) in [6.07, 6.45) is 4.01. The highest BCUT2D eigenvalue weighted by molar-refractivity contribution is 5.85. The molecule has 1 saturated heterocycles. The van der Waals surface area contributed by atoms with Gasteiger partial charge in [0, 0.05) is 31.4 Å². The lowest BCUT2D eigenvalue weighted by Crippen LogP contribution is -2.40. The number of hydrogen-bond acceptors (Lipinski definition) is 4. The number of hydrogen-bond donors (Lipinski definition) is 2. The fraction of sp³-hybridized carbons (Fsp3) is 0.462. The van der Waals surface area contributed by atoms with Crippen LogP contribution in [0.4, 0.5) is 0 Å². The van der Waals surface area contributed by atoms with Crippen LogP contribution in [0.3, 0.4) is 0 Å². The first-order valence-electron chi connectivity index (χ1n) is 6.07. The third kappa shape index (κ3) is 3.13. The summed E-state index contributed by atoms with van der Waals surface area (Å²) >= 11 is 0. The quantitative estimate of drug-likeness (QED) is 0.801. The van der Waals surface area contributed by atoms with Crippen LogP contribution >= 0.6 is 0 Å². The van der Waals surface area contributed by atoms with Crippen LogP contribution in [-0.2, 0) is 16.1 Å². The summed E-state index contributed by atoms with van der Waals surface area (Å²) in [5, 5.41) is 5.92. The molecule has 0 spiro atoms. The van der Waals surface area contributed by atoms with Gasteiger partial charge in [-0.15, -0.1) is 0 Å². The number of pyridine rings is 1. The summed E-state index contributed by atoms with van der Waals surface area (Å²) in [4.78, 5) is 27.1. The van der Waals surface area contributed by atoms with Crippen molar-refractivity contribution in [1.82, 2.24) is 15.6 Å². The highest BCUT2D eigenvalue weighted by Gasteiger charge is 2.31. The Bertz CT molecular complexity index is 433. The van der Waals surface area contributed by atoms with Crippen LogP contribution in [0.5, 0.6) is 0 Å². The van der Waals surface area contributed by atoms with Crippen LogP contribution in [-0.4, -0.2) is 29.3 Å². The number of aromatic nitrogens is 1. The van der Waals surface area contributed by atoms with E-state index < -0.39 is 0 Å². The smallest absolute Gasteiger partial charge is 0.237 e. The van der Waals surface area contributed by atoms with Crippen LogP contribution in [0.25, 0.3) is 0 Å². The van der Waals surface area contributed by atoms with Gasteiger partial charge in [-0.2, -0.15) is 0 Å². The average molecular weight is 247 g/mol. The lowest BCUT2D eigenvalue weighted by molar-refractivity contribution is -0.123. The molecule has 5 heteroatoms. The van der Waals surface area contributed by atoms with Gasteiger partial charge in [-0.3, -0.25) is 14.6 Å². The minimum Gasteiger partial charge on any atom is -0.351 e. The van der Waals surface area contributed by atoms with E-state index in [1.54, 1.807) is 19.3 Å². The summed E-state index contributed by atoms with van der Waals surface area (Å²) in [6.45, 7) is 2.64. The Morgan fingerprint density at radius 3 is 3.00 bits per heavy atom. The molecule has 1 fully saturated rings. The minimum absolute atomic E-state index is 0.0286. The van der Waals surface area contributed by atoms with E-state index in [2.05, 4.69) is 15.6 Å². The topological polar surface area (TPSA) is 71.1 Å². The van der Waals surface area contributed by atoms with E-state index in [1.165, 1.54) is 0 Å². The van der Waals surface area contributed by atoms with Gasteiger partial charge in [0.05, 0.1) is 6.04 Å². The Balaban J connectivity index is 1.81. The third-order valence-corrected chi connectivity index (χ3v) is 3.21. The maximum Gasteiger partial charge on any atom is 0.237 e. The van der Waals surface area contributed by atoms with E-state index >= 15 is 0 Å². The SMILES string of the molecule is CC(=O)C1CNC(C(=O)NCc2cccnc2)C1. The van der Waals surface area contributed by atoms with Gasteiger partial charge in [0.2, 0.25) is 5.91 Å². The van der Waals surface area contributed by atoms with Gasteiger partial charge in [-0.25, -0.2) is 0 Å². The molecule has 0 aliphatic carbocycles. The first-order chi connectivity index (χ1) is 8.66. The van der Waals surface area contributed by atoms with E-state index in [4.69, 9.17) is 0 Å². The second kappa shape index (κ2) is 5.73. The number of rotatable bonds is 4. The van der Waals surface area contributed by atoms with Gasteiger partial charge in [0.25, 0.3) is 0 Å². The van der Waals surface area contributed by atoms with Crippen LogP contribution in [0.2, 0.25) is 0 Å². The molecule has 1 aliphatic rings. The summed E-state index contributed by atoms with van der Waals surface area (Å²) in [6, 6.07) is 3.49. The van der Waals surface area contributed by atoms with E-state index in [0.29, 0.717) is 19.5 Å². The van der Waals surface area contributed by atoms with Crippen LogP contribution in [0.15, 0.2) is 24.5 Å². The van der Waals surface area contributed by atoms with Crippen molar-refractivity contribution in [2.24, 2.45) is 5.92 Å². The lowest BCUT2D eigenvalue weighted by Gasteiger charge is -2.11. The second-order valence-corrected chi connectivity index (χ2v) is 4.58. The van der Waals surface area contributed by atoms with Crippen molar-refractivity contribution in [3.63, 3.8) is 0 Å². The van der Waals surface area contributed by atoms with E-state index in [0.717, 1.165) is 5.56 Å². The fourth-order valence-electron chi connectivity index (χ4n) is 2.06. The number of ketones is 1. The highest BCUT2D eigenvalue weighted by atomic mass is 16.2. The van der Waals surface area contributed by atoms with E-state index in [-0.39, 0.29) is 23.7 Å². The van der Waals surface area contributed by atoms with Gasteiger partial charge in [-0.1, -0.05) is 6.07 Å². The fourth-order valence-corrected chi connectivity index (χ4v) is 2.06. The molecule has 18 heavy (non-hydrogen) atoms. The molecular formula is C13H17N3O2.